The summed E-state index contributed by atoms with van der Waals surface area (Å²) < 4.78 is 34.3. The molecule has 3 aromatic rings. The number of amides is 2. The van der Waals surface area contributed by atoms with Crippen LogP contribution in [0.1, 0.15) is 38.3 Å². The monoisotopic (exact) mass is 599 g/mol. The van der Waals surface area contributed by atoms with E-state index < -0.39 is 28.5 Å². The van der Waals surface area contributed by atoms with E-state index in [0.29, 0.717) is 35.0 Å². The largest absolute Gasteiger partial charge is 0.497 e. The first kappa shape index (κ1) is 32.0. The van der Waals surface area contributed by atoms with Gasteiger partial charge in [-0.2, -0.15) is 0 Å². The number of nitrogens with one attached hydrogen (secondary N) is 1. The lowest BCUT2D eigenvalue weighted by atomic mass is 10.1. The fourth-order valence-electron chi connectivity index (χ4n) is 4.44. The van der Waals surface area contributed by atoms with Crippen molar-refractivity contribution in [3.05, 3.63) is 88.9 Å². The van der Waals surface area contributed by atoms with Crippen molar-refractivity contribution in [2.24, 2.45) is 5.92 Å². The predicted molar refractivity (Wildman–Crippen MR) is 163 cm³/mol. The molecule has 0 radical (unpaired) electrons. The molecule has 220 valence electrons. The zero-order valence-corrected chi connectivity index (χ0v) is 25.7. The summed E-state index contributed by atoms with van der Waals surface area (Å²) in [6, 6.07) is 19.2. The molecule has 0 spiro atoms. The van der Waals surface area contributed by atoms with Gasteiger partial charge in [-0.1, -0.05) is 62.7 Å². The molecule has 41 heavy (non-hydrogen) atoms. The van der Waals surface area contributed by atoms with Crippen LogP contribution in [0.4, 0.5) is 5.69 Å². The summed E-state index contributed by atoms with van der Waals surface area (Å²) in [5.41, 5.74) is 1.66. The molecule has 0 saturated heterocycles. The lowest BCUT2D eigenvalue weighted by Gasteiger charge is -2.33. The van der Waals surface area contributed by atoms with E-state index in [1.165, 1.54) is 17.0 Å². The van der Waals surface area contributed by atoms with E-state index in [4.69, 9.17) is 16.3 Å². The van der Waals surface area contributed by atoms with Crippen LogP contribution >= 0.6 is 11.6 Å². The summed E-state index contributed by atoms with van der Waals surface area (Å²) >= 11 is 6.17. The van der Waals surface area contributed by atoms with Gasteiger partial charge >= 0.3 is 0 Å². The highest BCUT2D eigenvalue weighted by atomic mass is 35.5. The first-order valence-corrected chi connectivity index (χ1v) is 15.3. The highest BCUT2D eigenvalue weighted by Gasteiger charge is 2.34. The van der Waals surface area contributed by atoms with Gasteiger partial charge < -0.3 is 15.0 Å². The van der Waals surface area contributed by atoms with Crippen LogP contribution in [-0.2, 0) is 26.2 Å². The van der Waals surface area contributed by atoms with Crippen LogP contribution in [0.3, 0.4) is 0 Å². The van der Waals surface area contributed by atoms with E-state index in [2.05, 4.69) is 5.32 Å². The molecule has 0 saturated carbocycles. The van der Waals surface area contributed by atoms with Crippen molar-refractivity contribution in [1.82, 2.24) is 10.2 Å². The molecule has 8 nitrogen and oxygen atoms in total. The van der Waals surface area contributed by atoms with Crippen LogP contribution in [0.5, 0.6) is 5.75 Å². The van der Waals surface area contributed by atoms with Gasteiger partial charge in [0, 0.05) is 18.1 Å². The summed E-state index contributed by atoms with van der Waals surface area (Å²) in [7, 11) is -2.60. The molecular weight excluding hydrogens is 562 g/mol. The summed E-state index contributed by atoms with van der Waals surface area (Å²) in [6.45, 7) is 7.56. The highest BCUT2D eigenvalue weighted by molar-refractivity contribution is 7.92. The zero-order valence-electron chi connectivity index (χ0n) is 24.1. The smallest absolute Gasteiger partial charge is 0.264 e. The third-order valence-corrected chi connectivity index (χ3v) is 8.60. The third-order valence-electron chi connectivity index (χ3n) is 6.60. The Kier molecular flexibility index (Phi) is 11.2. The molecule has 2 amide bonds. The fourth-order valence-corrected chi connectivity index (χ4v) is 6.17. The number of halogens is 1. The molecule has 1 atom stereocenters. The number of carbonyl (C=O) groups is 2. The van der Waals surface area contributed by atoms with E-state index >= 15 is 0 Å². The van der Waals surface area contributed by atoms with Gasteiger partial charge in [0.2, 0.25) is 11.8 Å². The minimum absolute atomic E-state index is 0.0446. The van der Waals surface area contributed by atoms with E-state index in [-0.39, 0.29) is 23.3 Å². The van der Waals surface area contributed by atoms with Crippen LogP contribution in [-0.4, -0.2) is 51.4 Å². The minimum Gasteiger partial charge on any atom is -0.497 e. The number of ether oxygens (including phenoxy) is 1. The molecule has 0 aliphatic rings. The van der Waals surface area contributed by atoms with Gasteiger partial charge in [0.05, 0.1) is 17.7 Å². The molecule has 0 aromatic heterocycles. The van der Waals surface area contributed by atoms with Crippen LogP contribution in [0.2, 0.25) is 5.02 Å². The highest BCUT2D eigenvalue weighted by Crippen LogP contribution is 2.29. The lowest BCUT2D eigenvalue weighted by molar-refractivity contribution is -0.140. The molecular formula is C31H38ClN3O5S. The van der Waals surface area contributed by atoms with E-state index in [1.807, 2.05) is 26.8 Å². The van der Waals surface area contributed by atoms with Gasteiger partial charge in [0.1, 0.15) is 18.3 Å². The van der Waals surface area contributed by atoms with Crippen molar-refractivity contribution in [2.45, 2.75) is 51.6 Å². The Labute approximate surface area is 248 Å². The minimum atomic E-state index is -4.15. The van der Waals surface area contributed by atoms with Gasteiger partial charge in [-0.25, -0.2) is 8.42 Å². The van der Waals surface area contributed by atoms with Crippen LogP contribution < -0.4 is 14.4 Å². The molecule has 1 unspecified atom stereocenters. The first-order chi connectivity index (χ1) is 19.5. The van der Waals surface area contributed by atoms with Crippen molar-refractivity contribution in [2.75, 3.05) is 24.5 Å². The van der Waals surface area contributed by atoms with E-state index in [9.17, 15) is 18.0 Å². The average Bonchev–Trinajstić information content (AvgIpc) is 2.95. The van der Waals surface area contributed by atoms with Crippen molar-refractivity contribution in [1.29, 1.82) is 0 Å². The first-order valence-electron chi connectivity index (χ1n) is 13.5. The molecule has 0 bridgehead atoms. The van der Waals surface area contributed by atoms with Gasteiger partial charge in [-0.3, -0.25) is 13.9 Å². The predicted octanol–water partition coefficient (Wildman–Crippen LogP) is 5.43. The molecule has 3 aromatic carbocycles. The van der Waals surface area contributed by atoms with E-state index in [1.54, 1.807) is 68.6 Å². The number of benzene rings is 3. The quantitative estimate of drug-likeness (QED) is 0.283. The summed E-state index contributed by atoms with van der Waals surface area (Å²) in [4.78, 5) is 29.0. The number of rotatable bonds is 13. The van der Waals surface area contributed by atoms with Crippen LogP contribution in [0.15, 0.2) is 77.7 Å². The Hall–Kier alpha value is -3.56. The summed E-state index contributed by atoms with van der Waals surface area (Å²) in [5, 5.41) is 3.38. The number of aryl methyl sites for hydroxylation is 1. The number of carbonyl (C=O) groups excluding carboxylic acids is 2. The second-order valence-corrected chi connectivity index (χ2v) is 12.5. The molecule has 0 aliphatic heterocycles. The normalized spacial score (nSPS) is 12.1. The van der Waals surface area contributed by atoms with Gasteiger partial charge in [0.25, 0.3) is 10.0 Å². The number of sulfonamides is 1. The number of methoxy groups -OCH3 is 1. The SMILES string of the molecule is CCC(C(=O)NCC(C)C)N(Cc1cccc(OC)c1)C(=O)CN(c1ccc(Cl)cc1C)S(=O)(=O)c1ccccc1. The second kappa shape index (κ2) is 14.4. The number of nitrogens with zero attached hydrogens (tertiary/aromatic N) is 2. The Morgan fingerprint density at radius 3 is 2.32 bits per heavy atom. The maximum absolute atomic E-state index is 14.2. The van der Waals surface area contributed by atoms with Crippen LogP contribution in [0, 0.1) is 12.8 Å². The van der Waals surface area contributed by atoms with Gasteiger partial charge in [-0.05, 0) is 72.9 Å². The van der Waals surface area contributed by atoms with Crippen molar-refractivity contribution < 1.29 is 22.7 Å². The van der Waals surface area contributed by atoms with Gasteiger partial charge in [-0.15, -0.1) is 0 Å². The maximum Gasteiger partial charge on any atom is 0.264 e. The standard InChI is InChI=1S/C31H38ClN3O5S/c1-6-28(31(37)33-19-22(2)3)34(20-24-11-10-12-26(18-24)40-5)30(36)21-35(29-16-15-25(32)17-23(29)4)41(38,39)27-13-8-7-9-14-27/h7-18,22,28H,6,19-21H2,1-5H3,(H,33,37). The molecule has 0 fully saturated rings. The maximum atomic E-state index is 14.2. The van der Waals surface area contributed by atoms with Crippen molar-refractivity contribution >= 4 is 39.1 Å². The third kappa shape index (κ3) is 8.24. The number of hydrogen-bond donors (Lipinski definition) is 1. The van der Waals surface area contributed by atoms with Crippen molar-refractivity contribution in [3.8, 4) is 5.75 Å². The summed E-state index contributed by atoms with van der Waals surface area (Å²) in [5.74, 6) is 0.0152. The molecule has 0 heterocycles. The van der Waals surface area contributed by atoms with Gasteiger partial charge in [0.15, 0.2) is 0 Å². The second-order valence-electron chi connectivity index (χ2n) is 10.2. The summed E-state index contributed by atoms with van der Waals surface area (Å²) in [6.07, 6.45) is 0.338. The zero-order chi connectivity index (χ0) is 30.2. The Morgan fingerprint density at radius 1 is 1.00 bits per heavy atom. The van der Waals surface area contributed by atoms with E-state index in [0.717, 1.165) is 9.87 Å². The molecule has 10 heteroatoms. The lowest BCUT2D eigenvalue weighted by Crippen LogP contribution is -2.52. The molecule has 3 rings (SSSR count). The number of hydrogen-bond acceptors (Lipinski definition) is 5. The Morgan fingerprint density at radius 2 is 1.71 bits per heavy atom. The molecule has 1 N–H and O–H groups in total. The molecule has 0 aliphatic carbocycles. The average molecular weight is 600 g/mol. The van der Waals surface area contributed by atoms with Crippen LogP contribution in [0.25, 0.3) is 0 Å². The number of anilines is 1. The Balaban J connectivity index is 2.08. The fraction of sp³-hybridized carbons (Fsp3) is 0.355. The van der Waals surface area contributed by atoms with Crippen molar-refractivity contribution in [3.63, 3.8) is 0 Å². The topological polar surface area (TPSA) is 96.0 Å². The Bertz CT molecular complexity index is 1450.